The first-order chi connectivity index (χ1) is 40.5. The van der Waals surface area contributed by atoms with E-state index in [1.807, 2.05) is 24.5 Å². The maximum absolute atomic E-state index is 6.45. The predicted molar refractivity (Wildman–Crippen MR) is 352 cm³/mol. The molecule has 2 aliphatic rings. The van der Waals surface area contributed by atoms with Gasteiger partial charge in [-0.25, -0.2) is 4.98 Å². The molecule has 0 aliphatic carbocycles. The molecule has 12 aromatic carbocycles. The van der Waals surface area contributed by atoms with Crippen LogP contribution in [0.5, 0.6) is 0 Å². The van der Waals surface area contributed by atoms with E-state index in [1.165, 1.54) is 92.3 Å². The molecule has 84 heavy (non-hydrogen) atoms. The van der Waals surface area contributed by atoms with Gasteiger partial charge in [0.15, 0.2) is 0 Å². The molecule has 0 spiro atoms. The zero-order chi connectivity index (χ0) is 57.3. The highest BCUT2D eigenvalue weighted by Gasteiger charge is 2.53. The quantitative estimate of drug-likeness (QED) is 0.117. The zero-order valence-electron chi connectivity index (χ0n) is 48.6. The third-order valence-corrected chi connectivity index (χ3v) is 18.7. The molecule has 0 N–H and O–H groups in total. The van der Waals surface area contributed by atoms with Gasteiger partial charge in [-0.3, -0.25) is 4.98 Å². The lowest BCUT2D eigenvalue weighted by atomic mass is 9.75. The van der Waals surface area contributed by atoms with E-state index in [9.17, 15) is 0 Å². The molecule has 0 radical (unpaired) electrons. The fraction of sp³-hybridized carbons (Fsp3) is 0.158. The number of nitrogens with zero attached hydrogens (tertiary/aromatic N) is 2. The highest BCUT2D eigenvalue weighted by Crippen LogP contribution is 2.44. The molecule has 6 nitrogen and oxygen atoms in total. The van der Waals surface area contributed by atoms with E-state index in [2.05, 4.69) is 267 Å². The van der Waals surface area contributed by atoms with Gasteiger partial charge in [0.1, 0.15) is 0 Å². The summed E-state index contributed by atoms with van der Waals surface area (Å²) in [6, 6.07) is 78.8. The van der Waals surface area contributed by atoms with Gasteiger partial charge >= 0.3 is 14.2 Å². The van der Waals surface area contributed by atoms with Gasteiger partial charge in [0.25, 0.3) is 0 Å². The lowest BCUT2D eigenvalue weighted by Crippen LogP contribution is -2.41. The minimum absolute atomic E-state index is 0.370. The Labute approximate surface area is 491 Å². The molecule has 0 atom stereocenters. The molecule has 4 heterocycles. The van der Waals surface area contributed by atoms with Crippen molar-refractivity contribution in [3.8, 4) is 55.9 Å². The fourth-order valence-electron chi connectivity index (χ4n) is 12.8. The smallest absolute Gasteiger partial charge is 0.399 e. The van der Waals surface area contributed by atoms with Crippen molar-refractivity contribution in [3.05, 3.63) is 231 Å². The number of fused-ring (bicyclic) bond motifs is 1. The molecule has 2 aromatic heterocycles. The van der Waals surface area contributed by atoms with Crippen molar-refractivity contribution in [2.24, 2.45) is 0 Å². The third kappa shape index (κ3) is 8.73. The molecule has 0 bridgehead atoms. The third-order valence-electron chi connectivity index (χ3n) is 18.7. The lowest BCUT2D eigenvalue weighted by Gasteiger charge is -2.32. The minimum Gasteiger partial charge on any atom is -0.399 e. The van der Waals surface area contributed by atoms with E-state index in [1.54, 1.807) is 0 Å². The monoisotopic (exact) mass is 1090 g/mol. The SMILES string of the molecule is CC1(C)OB(c2ccc(-c3cc4ccc5cc(-c6cccnc6)cc6ccc(c3)c4c56)c3ccccc23)OC1(C)C.CC1(C)OB(c2cccc(-c3cc4ccc5cc(-c6cccc(-c7ccccc7)n6)cc6ccc(c3)c4c56)c2)OC1(C)C. The molecule has 16 rings (SSSR count). The number of hydrogen-bond acceptors (Lipinski definition) is 6. The van der Waals surface area contributed by atoms with E-state index in [4.69, 9.17) is 23.6 Å². The van der Waals surface area contributed by atoms with Gasteiger partial charge in [0.05, 0.1) is 33.8 Å². The maximum Gasteiger partial charge on any atom is 0.495 e. The normalized spacial score (nSPS) is 16.2. The maximum atomic E-state index is 6.45. The van der Waals surface area contributed by atoms with Crippen molar-refractivity contribution < 1.29 is 18.6 Å². The Kier molecular flexibility index (Phi) is 12.0. The van der Waals surface area contributed by atoms with Crippen molar-refractivity contribution in [1.82, 2.24) is 9.97 Å². The van der Waals surface area contributed by atoms with E-state index < -0.39 is 7.12 Å². The average Bonchev–Trinajstić information content (AvgIpc) is 1.98. The summed E-state index contributed by atoms with van der Waals surface area (Å²) >= 11 is 0. The number of benzene rings is 12. The van der Waals surface area contributed by atoms with Crippen LogP contribution in [0.1, 0.15) is 55.4 Å². The van der Waals surface area contributed by atoms with Crippen LogP contribution in [0.3, 0.4) is 0 Å². The second-order valence-electron chi connectivity index (χ2n) is 25.0. The summed E-state index contributed by atoms with van der Waals surface area (Å²) in [6.45, 7) is 16.8. The Balaban J connectivity index is 0.000000143. The first-order valence-electron chi connectivity index (χ1n) is 29.3. The lowest BCUT2D eigenvalue weighted by molar-refractivity contribution is 0.00578. The van der Waals surface area contributed by atoms with Gasteiger partial charge in [-0.05, 0) is 236 Å². The molecule has 2 aliphatic heterocycles. The van der Waals surface area contributed by atoms with E-state index in [-0.39, 0.29) is 29.5 Å². The second kappa shape index (κ2) is 19.4. The molecular weight excluding hydrogens is 1030 g/mol. The van der Waals surface area contributed by atoms with E-state index in [0.717, 1.165) is 50.0 Å². The van der Waals surface area contributed by atoms with Crippen molar-refractivity contribution in [2.45, 2.75) is 77.8 Å². The standard InChI is InChI=1S/C39H32BNO2.C37H30BNO2/c1-38(2)39(3,4)43-40(42-38)33-13-8-12-26(24-33)31-20-27-16-18-29-22-32(23-30-19-17-28(21-31)36(27)37(29)30)35-15-9-14-34(41-35)25-10-6-5-7-11-25;1-36(2)37(3,4)41-38(40-36)33-16-15-30(31-9-5-6-10-32(31)33)29-20-25-13-11-23-18-28(27-8-7-17-39-22-27)19-24-12-14-26(21-29)35(25)34(23)24/h5-24H,1-4H3;5-22H,1-4H3. The Morgan fingerprint density at radius 2 is 0.726 bits per heavy atom. The van der Waals surface area contributed by atoms with Crippen molar-refractivity contribution in [3.63, 3.8) is 0 Å². The Morgan fingerprint density at radius 1 is 0.310 bits per heavy atom. The number of aromatic nitrogens is 2. The summed E-state index contributed by atoms with van der Waals surface area (Å²) in [5.41, 5.74) is 11.9. The van der Waals surface area contributed by atoms with Gasteiger partial charge in [-0.15, -0.1) is 0 Å². The number of hydrogen-bond donors (Lipinski definition) is 0. The Morgan fingerprint density at radius 3 is 1.24 bits per heavy atom. The Bertz CT molecular complexity index is 4720. The van der Waals surface area contributed by atoms with Gasteiger partial charge in [-0.2, -0.15) is 0 Å². The summed E-state index contributed by atoms with van der Waals surface area (Å²) in [6.07, 6.45) is 3.75. The largest absolute Gasteiger partial charge is 0.495 e. The van der Waals surface area contributed by atoms with Gasteiger partial charge < -0.3 is 18.6 Å². The summed E-state index contributed by atoms with van der Waals surface area (Å²) < 4.78 is 25.6. The topological polar surface area (TPSA) is 62.7 Å². The minimum atomic E-state index is -0.402. The highest BCUT2D eigenvalue weighted by molar-refractivity contribution is 6.65. The zero-order valence-corrected chi connectivity index (χ0v) is 48.6. The van der Waals surface area contributed by atoms with Gasteiger partial charge in [-0.1, -0.05) is 152 Å². The first-order valence-corrected chi connectivity index (χ1v) is 29.3. The molecule has 14 aromatic rings. The van der Waals surface area contributed by atoms with E-state index >= 15 is 0 Å². The summed E-state index contributed by atoms with van der Waals surface area (Å²) in [4.78, 5) is 9.35. The average molecular weight is 1090 g/mol. The van der Waals surface area contributed by atoms with Crippen LogP contribution in [0.2, 0.25) is 0 Å². The molecule has 8 heteroatoms. The van der Waals surface area contributed by atoms with Gasteiger partial charge in [0.2, 0.25) is 0 Å². The van der Waals surface area contributed by atoms with Crippen LogP contribution in [0, 0.1) is 0 Å². The first kappa shape index (κ1) is 52.1. The van der Waals surface area contributed by atoms with Crippen LogP contribution in [-0.2, 0) is 18.6 Å². The summed E-state index contributed by atoms with van der Waals surface area (Å²) in [5.74, 6) is 0. The van der Waals surface area contributed by atoms with Crippen molar-refractivity contribution in [1.29, 1.82) is 0 Å². The van der Waals surface area contributed by atoms with Crippen LogP contribution in [-0.4, -0.2) is 46.6 Å². The molecule has 406 valence electrons. The van der Waals surface area contributed by atoms with Gasteiger partial charge in [0, 0.05) is 29.1 Å². The summed E-state index contributed by atoms with van der Waals surface area (Å²) in [7, 11) is -0.784. The second-order valence-corrected chi connectivity index (χ2v) is 25.0. The fourth-order valence-corrected chi connectivity index (χ4v) is 12.8. The molecule has 0 saturated carbocycles. The van der Waals surface area contributed by atoms with Crippen LogP contribution in [0.4, 0.5) is 0 Å². The highest BCUT2D eigenvalue weighted by atomic mass is 16.7. The summed E-state index contributed by atoms with van der Waals surface area (Å²) in [5, 5.41) is 17.6. The van der Waals surface area contributed by atoms with Crippen molar-refractivity contribution in [2.75, 3.05) is 0 Å². The predicted octanol–water partition coefficient (Wildman–Crippen LogP) is 18.0. The van der Waals surface area contributed by atoms with Crippen molar-refractivity contribution >= 4 is 101 Å². The van der Waals surface area contributed by atoms with Crippen LogP contribution >= 0.6 is 0 Å². The molecule has 0 amide bonds. The molecule has 2 saturated heterocycles. The number of pyridine rings is 2. The molecular formula is C76H62B2N2O4. The molecule has 2 fully saturated rings. The van der Waals surface area contributed by atoms with Crippen LogP contribution in [0.15, 0.2) is 231 Å². The molecule has 0 unspecified atom stereocenters. The van der Waals surface area contributed by atoms with Crippen LogP contribution in [0.25, 0.3) is 131 Å². The number of rotatable bonds is 7. The van der Waals surface area contributed by atoms with E-state index in [0.29, 0.717) is 0 Å². The van der Waals surface area contributed by atoms with Crippen LogP contribution < -0.4 is 10.9 Å². The Hall–Kier alpha value is -8.75.